The highest BCUT2D eigenvalue weighted by molar-refractivity contribution is 6.31. The second-order valence-electron chi connectivity index (χ2n) is 5.96. The zero-order valence-electron chi connectivity index (χ0n) is 15.1. The van der Waals surface area contributed by atoms with Crippen LogP contribution in [-0.4, -0.2) is 24.5 Å². The quantitative estimate of drug-likeness (QED) is 0.763. The molecule has 0 saturated carbocycles. The van der Waals surface area contributed by atoms with Gasteiger partial charge in [0.25, 0.3) is 11.8 Å². The summed E-state index contributed by atoms with van der Waals surface area (Å²) in [5, 5.41) is 6.21. The fourth-order valence-electron chi connectivity index (χ4n) is 2.31. The minimum atomic E-state index is -0.734. The Hall–Kier alpha value is -2.53. The van der Waals surface area contributed by atoms with Gasteiger partial charge in [-0.25, -0.2) is 0 Å². The van der Waals surface area contributed by atoms with Crippen LogP contribution >= 0.6 is 11.6 Å². The van der Waals surface area contributed by atoms with Crippen LogP contribution in [0, 0.1) is 6.92 Å². The van der Waals surface area contributed by atoms with Gasteiger partial charge >= 0.3 is 0 Å². The van der Waals surface area contributed by atoms with Crippen LogP contribution in [0.3, 0.4) is 0 Å². The van der Waals surface area contributed by atoms with Crippen molar-refractivity contribution in [2.24, 2.45) is 0 Å². The third kappa shape index (κ3) is 5.23. The van der Waals surface area contributed by atoms with Crippen LogP contribution < -0.4 is 15.4 Å². The number of amides is 2. The predicted molar refractivity (Wildman–Crippen MR) is 104 cm³/mol. The summed E-state index contributed by atoms with van der Waals surface area (Å²) in [6.07, 6.45) is 0.105. The molecular formula is C20H23ClN2O3. The Bertz CT molecular complexity index is 792. The Balaban J connectivity index is 2.06. The number of benzene rings is 2. The van der Waals surface area contributed by atoms with Crippen molar-refractivity contribution >= 4 is 29.1 Å². The van der Waals surface area contributed by atoms with Crippen molar-refractivity contribution in [2.45, 2.75) is 33.3 Å². The lowest BCUT2D eigenvalue weighted by molar-refractivity contribution is -0.122. The molecule has 0 aromatic heterocycles. The summed E-state index contributed by atoms with van der Waals surface area (Å²) >= 11 is 6.00. The monoisotopic (exact) mass is 374 g/mol. The fraction of sp³-hybridized carbons (Fsp3) is 0.300. The largest absolute Gasteiger partial charge is 0.481 e. The van der Waals surface area contributed by atoms with Gasteiger partial charge in [-0.2, -0.15) is 0 Å². The third-order valence-electron chi connectivity index (χ3n) is 3.78. The molecule has 0 aliphatic carbocycles. The molecule has 0 fully saturated rings. The van der Waals surface area contributed by atoms with E-state index in [4.69, 9.17) is 16.3 Å². The second kappa shape index (κ2) is 9.25. The highest BCUT2D eigenvalue weighted by Crippen LogP contribution is 2.22. The van der Waals surface area contributed by atoms with Crippen LogP contribution in [0.2, 0.25) is 5.02 Å². The van der Waals surface area contributed by atoms with Crippen molar-refractivity contribution in [1.29, 1.82) is 0 Å². The number of nitrogens with one attached hydrogen (secondary N) is 2. The summed E-state index contributed by atoms with van der Waals surface area (Å²) in [5.74, 6) is 0.00140. The van der Waals surface area contributed by atoms with Crippen molar-refractivity contribution in [3.8, 4) is 5.75 Å². The molecular weight excluding hydrogens is 352 g/mol. The van der Waals surface area contributed by atoms with E-state index >= 15 is 0 Å². The van der Waals surface area contributed by atoms with E-state index in [-0.39, 0.29) is 11.8 Å². The number of aryl methyl sites for hydroxylation is 1. The summed E-state index contributed by atoms with van der Waals surface area (Å²) in [4.78, 5) is 24.7. The molecule has 0 radical (unpaired) electrons. The van der Waals surface area contributed by atoms with E-state index < -0.39 is 6.10 Å². The van der Waals surface area contributed by atoms with Crippen molar-refractivity contribution in [1.82, 2.24) is 5.32 Å². The fourth-order valence-corrected chi connectivity index (χ4v) is 2.42. The van der Waals surface area contributed by atoms with Gasteiger partial charge in [0, 0.05) is 11.6 Å². The molecule has 0 aliphatic rings. The summed E-state index contributed by atoms with van der Waals surface area (Å²) in [7, 11) is 0. The van der Waals surface area contributed by atoms with Crippen LogP contribution in [0.4, 0.5) is 5.69 Å². The molecule has 0 saturated heterocycles. The number of carbonyl (C=O) groups excluding carboxylic acids is 2. The molecule has 1 atom stereocenters. The lowest BCUT2D eigenvalue weighted by Crippen LogP contribution is -2.32. The molecule has 2 rings (SSSR count). The number of ether oxygens (including phenoxy) is 1. The van der Waals surface area contributed by atoms with Gasteiger partial charge in [0.1, 0.15) is 5.75 Å². The number of rotatable bonds is 7. The molecule has 2 aromatic carbocycles. The topological polar surface area (TPSA) is 67.4 Å². The Labute approximate surface area is 158 Å². The zero-order chi connectivity index (χ0) is 19.1. The van der Waals surface area contributed by atoms with Gasteiger partial charge in [-0.05, 0) is 56.2 Å². The van der Waals surface area contributed by atoms with Crippen LogP contribution in [0.25, 0.3) is 0 Å². The molecule has 2 aromatic rings. The van der Waals surface area contributed by atoms with Crippen molar-refractivity contribution in [3.05, 3.63) is 58.6 Å². The zero-order valence-corrected chi connectivity index (χ0v) is 15.9. The molecule has 0 unspecified atom stereocenters. The summed E-state index contributed by atoms with van der Waals surface area (Å²) in [6.45, 7) is 6.08. The highest BCUT2D eigenvalue weighted by Gasteiger charge is 2.18. The molecule has 26 heavy (non-hydrogen) atoms. The first-order chi connectivity index (χ1) is 12.4. The molecule has 2 N–H and O–H groups in total. The number of hydrogen-bond acceptors (Lipinski definition) is 3. The molecule has 6 heteroatoms. The first-order valence-electron chi connectivity index (χ1n) is 8.53. The van der Waals surface area contributed by atoms with E-state index in [1.807, 2.05) is 13.8 Å². The SMILES string of the molecule is CCCNC(=O)c1ccccc1NC(=O)[C@H](C)Oc1ccc(Cl)c(C)c1. The van der Waals surface area contributed by atoms with Crippen LogP contribution in [-0.2, 0) is 4.79 Å². The van der Waals surface area contributed by atoms with Crippen molar-refractivity contribution < 1.29 is 14.3 Å². The standard InChI is InChI=1S/C20H23ClN2O3/c1-4-11-22-20(25)16-7-5-6-8-18(16)23-19(24)14(3)26-15-9-10-17(21)13(2)12-15/h5-10,12,14H,4,11H2,1-3H3,(H,22,25)(H,23,24)/t14-/m0/s1. The van der Waals surface area contributed by atoms with Crippen molar-refractivity contribution in [3.63, 3.8) is 0 Å². The van der Waals surface area contributed by atoms with Gasteiger partial charge in [0.05, 0.1) is 11.3 Å². The summed E-state index contributed by atoms with van der Waals surface area (Å²) in [5.41, 5.74) is 1.74. The van der Waals surface area contributed by atoms with Crippen LogP contribution in [0.5, 0.6) is 5.75 Å². The first kappa shape index (κ1) is 19.8. The second-order valence-corrected chi connectivity index (χ2v) is 6.37. The molecule has 5 nitrogen and oxygen atoms in total. The van der Waals surface area contributed by atoms with Crippen LogP contribution in [0.15, 0.2) is 42.5 Å². The number of carbonyl (C=O) groups is 2. The van der Waals surface area contributed by atoms with Gasteiger partial charge in [-0.3, -0.25) is 9.59 Å². The van der Waals surface area contributed by atoms with E-state index in [0.29, 0.717) is 28.6 Å². The van der Waals surface area contributed by atoms with Gasteiger partial charge in [-0.1, -0.05) is 30.7 Å². The van der Waals surface area contributed by atoms with Crippen molar-refractivity contribution in [2.75, 3.05) is 11.9 Å². The lowest BCUT2D eigenvalue weighted by Gasteiger charge is -2.17. The van der Waals surface area contributed by atoms with E-state index in [1.54, 1.807) is 49.4 Å². The summed E-state index contributed by atoms with van der Waals surface area (Å²) < 4.78 is 5.68. The Morgan fingerprint density at radius 3 is 2.62 bits per heavy atom. The van der Waals surface area contributed by atoms with Gasteiger partial charge in [0.2, 0.25) is 0 Å². The molecule has 0 spiro atoms. The van der Waals surface area contributed by atoms with Gasteiger partial charge in [-0.15, -0.1) is 0 Å². The normalized spacial score (nSPS) is 11.5. The molecule has 0 aliphatic heterocycles. The van der Waals surface area contributed by atoms with E-state index in [0.717, 1.165) is 12.0 Å². The molecule has 2 amide bonds. The van der Waals surface area contributed by atoms with E-state index in [1.165, 1.54) is 0 Å². The predicted octanol–water partition coefficient (Wildman–Crippen LogP) is 4.19. The third-order valence-corrected chi connectivity index (χ3v) is 4.20. The maximum atomic E-state index is 12.5. The average Bonchev–Trinajstić information content (AvgIpc) is 2.63. The number of hydrogen-bond donors (Lipinski definition) is 2. The maximum Gasteiger partial charge on any atom is 0.265 e. The highest BCUT2D eigenvalue weighted by atomic mass is 35.5. The number of halogens is 1. The number of para-hydroxylation sites is 1. The Kier molecular flexibility index (Phi) is 7.04. The molecule has 0 bridgehead atoms. The number of anilines is 1. The summed E-state index contributed by atoms with van der Waals surface area (Å²) in [6, 6.07) is 12.1. The molecule has 0 heterocycles. The lowest BCUT2D eigenvalue weighted by atomic mass is 10.1. The Morgan fingerprint density at radius 1 is 1.19 bits per heavy atom. The van der Waals surface area contributed by atoms with Crippen LogP contribution in [0.1, 0.15) is 36.2 Å². The maximum absolute atomic E-state index is 12.5. The minimum absolute atomic E-state index is 0.218. The minimum Gasteiger partial charge on any atom is -0.481 e. The van der Waals surface area contributed by atoms with Gasteiger partial charge in [0.15, 0.2) is 6.10 Å². The average molecular weight is 375 g/mol. The Morgan fingerprint density at radius 2 is 1.92 bits per heavy atom. The van der Waals surface area contributed by atoms with E-state index in [2.05, 4.69) is 10.6 Å². The molecule has 138 valence electrons. The van der Waals surface area contributed by atoms with E-state index in [9.17, 15) is 9.59 Å². The first-order valence-corrected chi connectivity index (χ1v) is 8.91. The van der Waals surface area contributed by atoms with Gasteiger partial charge < -0.3 is 15.4 Å². The smallest absolute Gasteiger partial charge is 0.265 e.